The number of aryl methyl sites for hydroxylation is 2. The summed E-state index contributed by atoms with van der Waals surface area (Å²) in [6, 6.07) is 2.24. The van der Waals surface area contributed by atoms with Crippen LogP contribution in [0.3, 0.4) is 0 Å². The van der Waals surface area contributed by atoms with Gasteiger partial charge in [-0.1, -0.05) is 6.92 Å². The Hall–Kier alpha value is -1.29. The first-order valence-electron chi connectivity index (χ1n) is 6.49. The van der Waals surface area contributed by atoms with Gasteiger partial charge in [0.15, 0.2) is 0 Å². The van der Waals surface area contributed by atoms with E-state index in [9.17, 15) is 4.79 Å². The van der Waals surface area contributed by atoms with Crippen molar-refractivity contribution in [1.82, 2.24) is 5.32 Å². The molecule has 0 spiro atoms. The molecule has 0 saturated heterocycles. The lowest BCUT2D eigenvalue weighted by atomic mass is 10.1. The highest BCUT2D eigenvalue weighted by Crippen LogP contribution is 2.17. The largest absolute Gasteiger partial charge is 0.465 e. The fourth-order valence-electron chi connectivity index (χ4n) is 1.83. The molecule has 0 amide bonds. The normalized spacial score (nSPS) is 12.4. The molecule has 0 saturated carbocycles. The van der Waals surface area contributed by atoms with Gasteiger partial charge in [0, 0.05) is 12.5 Å². The molecule has 4 nitrogen and oxygen atoms in total. The molecule has 1 rings (SSSR count). The summed E-state index contributed by atoms with van der Waals surface area (Å²) in [5.41, 5.74) is 0.529. The summed E-state index contributed by atoms with van der Waals surface area (Å²) in [5, 5.41) is 3.42. The van der Waals surface area contributed by atoms with Gasteiger partial charge in [0.1, 0.15) is 17.1 Å². The minimum atomic E-state index is -0.334. The van der Waals surface area contributed by atoms with E-state index < -0.39 is 0 Å². The molecule has 1 atom stereocenters. The van der Waals surface area contributed by atoms with Crippen molar-refractivity contribution in [3.05, 3.63) is 23.2 Å². The standard InChI is InChI=1S/C14H23NO3/c1-5-8-15-10(2)6-7-12-9-13(11(3)18-12)14(16)17-4/h9-10,15H,5-8H2,1-4H3. The Balaban J connectivity index is 2.50. The van der Waals surface area contributed by atoms with Crippen LogP contribution in [0.25, 0.3) is 0 Å². The SMILES string of the molecule is CCCNC(C)CCc1cc(C(=O)OC)c(C)o1. The summed E-state index contributed by atoms with van der Waals surface area (Å²) in [6.07, 6.45) is 2.96. The van der Waals surface area contributed by atoms with Gasteiger partial charge in [-0.05, 0) is 39.3 Å². The molecule has 18 heavy (non-hydrogen) atoms. The zero-order valence-corrected chi connectivity index (χ0v) is 11.7. The Kier molecular flexibility index (Phi) is 5.92. The summed E-state index contributed by atoms with van der Waals surface area (Å²) in [4.78, 5) is 11.4. The van der Waals surface area contributed by atoms with Crippen molar-refractivity contribution >= 4 is 5.97 Å². The van der Waals surface area contributed by atoms with E-state index >= 15 is 0 Å². The molecular weight excluding hydrogens is 230 g/mol. The van der Waals surface area contributed by atoms with Crippen molar-refractivity contribution < 1.29 is 13.9 Å². The van der Waals surface area contributed by atoms with Crippen LogP contribution in [0, 0.1) is 6.92 Å². The third-order valence-electron chi connectivity index (χ3n) is 2.94. The predicted molar refractivity (Wildman–Crippen MR) is 70.9 cm³/mol. The van der Waals surface area contributed by atoms with Crippen molar-refractivity contribution in [3.8, 4) is 0 Å². The number of carbonyl (C=O) groups is 1. The number of rotatable bonds is 7. The second-order valence-electron chi connectivity index (χ2n) is 4.57. The number of nitrogens with one attached hydrogen (secondary N) is 1. The van der Waals surface area contributed by atoms with Crippen LogP contribution in [-0.2, 0) is 11.2 Å². The summed E-state index contributed by atoms with van der Waals surface area (Å²) in [6.45, 7) is 7.13. The van der Waals surface area contributed by atoms with Crippen molar-refractivity contribution in [2.75, 3.05) is 13.7 Å². The molecule has 102 valence electrons. The monoisotopic (exact) mass is 253 g/mol. The van der Waals surface area contributed by atoms with E-state index in [-0.39, 0.29) is 5.97 Å². The fourth-order valence-corrected chi connectivity index (χ4v) is 1.83. The first kappa shape index (κ1) is 14.8. The Morgan fingerprint density at radius 1 is 1.56 bits per heavy atom. The van der Waals surface area contributed by atoms with Crippen LogP contribution in [0.5, 0.6) is 0 Å². The third kappa shape index (κ3) is 4.18. The van der Waals surface area contributed by atoms with Gasteiger partial charge in [-0.2, -0.15) is 0 Å². The van der Waals surface area contributed by atoms with E-state index in [1.165, 1.54) is 7.11 Å². The van der Waals surface area contributed by atoms with Crippen LogP contribution in [-0.4, -0.2) is 25.7 Å². The molecule has 1 N–H and O–H groups in total. The predicted octanol–water partition coefficient (Wildman–Crippen LogP) is 2.70. The smallest absolute Gasteiger partial charge is 0.341 e. The molecule has 0 aromatic carbocycles. The van der Waals surface area contributed by atoms with E-state index in [1.54, 1.807) is 13.0 Å². The average Bonchev–Trinajstić information content (AvgIpc) is 2.74. The number of hydrogen-bond donors (Lipinski definition) is 1. The first-order chi connectivity index (χ1) is 8.58. The first-order valence-corrected chi connectivity index (χ1v) is 6.49. The molecule has 1 unspecified atom stereocenters. The highest BCUT2D eigenvalue weighted by molar-refractivity contribution is 5.90. The number of esters is 1. The quantitative estimate of drug-likeness (QED) is 0.759. The molecule has 0 aliphatic carbocycles. The Labute approximate surface area is 109 Å². The minimum Gasteiger partial charge on any atom is -0.465 e. The number of hydrogen-bond acceptors (Lipinski definition) is 4. The minimum absolute atomic E-state index is 0.334. The Morgan fingerprint density at radius 2 is 2.28 bits per heavy atom. The lowest BCUT2D eigenvalue weighted by Gasteiger charge is -2.11. The van der Waals surface area contributed by atoms with E-state index in [4.69, 9.17) is 9.15 Å². The molecule has 4 heteroatoms. The van der Waals surface area contributed by atoms with Gasteiger partial charge in [0.2, 0.25) is 0 Å². The zero-order chi connectivity index (χ0) is 13.5. The number of furan rings is 1. The topological polar surface area (TPSA) is 51.5 Å². The van der Waals surface area contributed by atoms with Gasteiger partial charge in [0.25, 0.3) is 0 Å². The lowest BCUT2D eigenvalue weighted by Crippen LogP contribution is -2.26. The maximum atomic E-state index is 11.4. The van der Waals surface area contributed by atoms with Crippen LogP contribution in [0.1, 0.15) is 48.6 Å². The van der Waals surface area contributed by atoms with E-state index in [0.29, 0.717) is 17.4 Å². The summed E-state index contributed by atoms with van der Waals surface area (Å²) in [5.74, 6) is 1.14. The van der Waals surface area contributed by atoms with Gasteiger partial charge in [-0.15, -0.1) is 0 Å². The van der Waals surface area contributed by atoms with Gasteiger partial charge < -0.3 is 14.5 Å². The summed E-state index contributed by atoms with van der Waals surface area (Å²) in [7, 11) is 1.38. The van der Waals surface area contributed by atoms with Crippen molar-refractivity contribution in [2.24, 2.45) is 0 Å². The lowest BCUT2D eigenvalue weighted by molar-refractivity contribution is 0.0599. The van der Waals surface area contributed by atoms with Gasteiger partial charge in [-0.3, -0.25) is 0 Å². The maximum Gasteiger partial charge on any atom is 0.341 e. The van der Waals surface area contributed by atoms with Crippen LogP contribution < -0.4 is 5.32 Å². The fraction of sp³-hybridized carbons (Fsp3) is 0.643. The molecule has 0 aliphatic heterocycles. The van der Waals surface area contributed by atoms with E-state index in [1.807, 2.05) is 0 Å². The molecule has 1 aromatic rings. The zero-order valence-electron chi connectivity index (χ0n) is 11.7. The summed E-state index contributed by atoms with van der Waals surface area (Å²) < 4.78 is 10.3. The third-order valence-corrected chi connectivity index (χ3v) is 2.94. The molecule has 0 aliphatic rings. The second-order valence-corrected chi connectivity index (χ2v) is 4.57. The molecule has 0 bridgehead atoms. The molecular formula is C14H23NO3. The van der Waals surface area contributed by atoms with Gasteiger partial charge >= 0.3 is 5.97 Å². The molecule has 1 aromatic heterocycles. The highest BCUT2D eigenvalue weighted by atomic mass is 16.5. The Morgan fingerprint density at radius 3 is 2.89 bits per heavy atom. The van der Waals surface area contributed by atoms with Gasteiger partial charge in [-0.25, -0.2) is 4.79 Å². The number of carbonyl (C=O) groups excluding carboxylic acids is 1. The number of ether oxygens (including phenoxy) is 1. The van der Waals surface area contributed by atoms with Crippen LogP contribution >= 0.6 is 0 Å². The average molecular weight is 253 g/mol. The second kappa shape index (κ2) is 7.21. The van der Waals surface area contributed by atoms with Crippen molar-refractivity contribution in [1.29, 1.82) is 0 Å². The van der Waals surface area contributed by atoms with Gasteiger partial charge in [0.05, 0.1) is 7.11 Å². The van der Waals surface area contributed by atoms with Crippen LogP contribution in [0.4, 0.5) is 0 Å². The molecule has 1 heterocycles. The summed E-state index contributed by atoms with van der Waals surface area (Å²) >= 11 is 0. The highest BCUT2D eigenvalue weighted by Gasteiger charge is 2.15. The van der Waals surface area contributed by atoms with Crippen molar-refractivity contribution in [2.45, 2.75) is 46.1 Å². The van der Waals surface area contributed by atoms with Crippen molar-refractivity contribution in [3.63, 3.8) is 0 Å². The maximum absolute atomic E-state index is 11.4. The number of methoxy groups -OCH3 is 1. The van der Waals surface area contributed by atoms with Crippen LogP contribution in [0.2, 0.25) is 0 Å². The van der Waals surface area contributed by atoms with Crippen LogP contribution in [0.15, 0.2) is 10.5 Å². The van der Waals surface area contributed by atoms with E-state index in [2.05, 4.69) is 19.2 Å². The molecule has 0 fully saturated rings. The Bertz CT molecular complexity index is 384. The molecule has 0 radical (unpaired) electrons. The van der Waals surface area contributed by atoms with E-state index in [0.717, 1.165) is 31.6 Å².